The molecule has 0 aromatic heterocycles. The molecule has 4 nitrogen and oxygen atoms in total. The van der Waals surface area contributed by atoms with Crippen LogP contribution in [-0.4, -0.2) is 30.0 Å². The minimum absolute atomic E-state index is 0.0661. The molecule has 1 aliphatic heterocycles. The van der Waals surface area contributed by atoms with Crippen molar-refractivity contribution >= 4 is 23.0 Å². The lowest BCUT2D eigenvalue weighted by molar-refractivity contribution is 0.363. The third-order valence-corrected chi connectivity index (χ3v) is 4.59. The van der Waals surface area contributed by atoms with Gasteiger partial charge in [0, 0.05) is 13.5 Å². The molecule has 0 radical (unpaired) electrons. The Morgan fingerprint density at radius 2 is 2.00 bits per heavy atom. The molecular weight excluding hydrogens is 318 g/mol. The molecule has 0 aliphatic carbocycles. The number of ether oxygens (including phenoxy) is 1. The van der Waals surface area contributed by atoms with Gasteiger partial charge in [0.1, 0.15) is 5.75 Å². The van der Waals surface area contributed by atoms with Gasteiger partial charge in [0.15, 0.2) is 5.11 Å². The highest BCUT2D eigenvalue weighted by Gasteiger charge is 2.31. The second-order valence-electron chi connectivity index (χ2n) is 5.81. The van der Waals surface area contributed by atoms with E-state index in [2.05, 4.69) is 42.6 Å². The Kier molecular flexibility index (Phi) is 4.81. The molecule has 1 N–H and O–H groups in total. The fourth-order valence-electron chi connectivity index (χ4n) is 2.84. The molecule has 5 heteroatoms. The minimum Gasteiger partial charge on any atom is -0.497 e. The molecule has 1 atom stereocenters. The molecule has 2 aromatic rings. The average Bonchev–Trinajstić information content (AvgIpc) is 3.07. The summed E-state index contributed by atoms with van der Waals surface area (Å²) >= 11 is 5.45. The summed E-state index contributed by atoms with van der Waals surface area (Å²) in [7, 11) is 3.50. The zero-order chi connectivity index (χ0) is 17.1. The van der Waals surface area contributed by atoms with Gasteiger partial charge in [-0.2, -0.15) is 5.10 Å². The van der Waals surface area contributed by atoms with E-state index in [9.17, 15) is 0 Å². The molecule has 3 rings (SSSR count). The van der Waals surface area contributed by atoms with Gasteiger partial charge in [0.05, 0.1) is 18.9 Å². The van der Waals surface area contributed by atoms with Crippen LogP contribution in [0, 0.1) is 6.92 Å². The number of nitrogens with zero attached hydrogens (tertiary/aromatic N) is 2. The Morgan fingerprint density at radius 3 is 2.67 bits per heavy atom. The highest BCUT2D eigenvalue weighted by atomic mass is 32.1. The Balaban J connectivity index is 1.95. The Labute approximate surface area is 148 Å². The van der Waals surface area contributed by atoms with Gasteiger partial charge in [0.2, 0.25) is 0 Å². The van der Waals surface area contributed by atoms with Crippen LogP contribution in [0.5, 0.6) is 5.75 Å². The van der Waals surface area contributed by atoms with Crippen LogP contribution in [0.25, 0.3) is 0 Å². The van der Waals surface area contributed by atoms with E-state index in [0.717, 1.165) is 29.0 Å². The van der Waals surface area contributed by atoms with Crippen molar-refractivity contribution in [1.82, 2.24) is 10.3 Å². The number of rotatable bonds is 3. The average molecular weight is 339 g/mol. The Morgan fingerprint density at radius 1 is 1.25 bits per heavy atom. The lowest BCUT2D eigenvalue weighted by atomic mass is 9.98. The van der Waals surface area contributed by atoms with Crippen molar-refractivity contribution in [3.63, 3.8) is 0 Å². The van der Waals surface area contributed by atoms with Crippen molar-refractivity contribution in [2.45, 2.75) is 19.4 Å². The molecule has 0 unspecified atom stereocenters. The first kappa shape index (κ1) is 16.5. The topological polar surface area (TPSA) is 36.9 Å². The fourth-order valence-corrected chi connectivity index (χ4v) is 3.01. The fraction of sp³-hybridized carbons (Fsp3) is 0.263. The third kappa shape index (κ3) is 3.26. The molecule has 1 aliphatic rings. The zero-order valence-corrected chi connectivity index (χ0v) is 14.9. The smallest absolute Gasteiger partial charge is 0.189 e. The Hall–Kier alpha value is -2.40. The molecule has 0 fully saturated rings. The van der Waals surface area contributed by atoms with Crippen LogP contribution >= 0.6 is 12.2 Å². The molecule has 0 amide bonds. The number of thiocarbonyl (C=S) groups is 1. The van der Waals surface area contributed by atoms with Crippen LogP contribution in [0.2, 0.25) is 0 Å². The second kappa shape index (κ2) is 7.01. The number of methoxy groups -OCH3 is 1. The lowest BCUT2D eigenvalue weighted by Gasteiger charge is -2.24. The highest BCUT2D eigenvalue weighted by Crippen LogP contribution is 2.34. The van der Waals surface area contributed by atoms with Gasteiger partial charge in [-0.3, -0.25) is 0 Å². The maximum atomic E-state index is 5.45. The van der Waals surface area contributed by atoms with Gasteiger partial charge >= 0.3 is 0 Å². The van der Waals surface area contributed by atoms with Crippen molar-refractivity contribution < 1.29 is 4.74 Å². The van der Waals surface area contributed by atoms with Crippen LogP contribution < -0.4 is 10.1 Å². The monoisotopic (exact) mass is 339 g/mol. The number of aryl methyl sites for hydroxylation is 1. The van der Waals surface area contributed by atoms with Crippen LogP contribution in [0.3, 0.4) is 0 Å². The van der Waals surface area contributed by atoms with Crippen molar-refractivity contribution in [2.24, 2.45) is 5.10 Å². The van der Waals surface area contributed by atoms with E-state index in [1.165, 1.54) is 5.56 Å². The number of benzene rings is 2. The van der Waals surface area contributed by atoms with Crippen molar-refractivity contribution in [3.8, 4) is 5.75 Å². The number of hydrazone groups is 1. The van der Waals surface area contributed by atoms with Gasteiger partial charge in [-0.15, -0.1) is 0 Å². The van der Waals surface area contributed by atoms with Crippen LogP contribution in [0.4, 0.5) is 0 Å². The third-order valence-electron chi connectivity index (χ3n) is 4.20. The standard InChI is InChI=1S/C19H21N3OS/c1-13-7-9-14(10-8-13)17-12-18(22(21-17)19(24)20-2)15-5-4-6-16(11-15)23-3/h4-11,18H,12H2,1-3H3,(H,20,24)/t18-/m1/s1. The molecule has 2 aromatic carbocycles. The summed E-state index contributed by atoms with van der Waals surface area (Å²) in [4.78, 5) is 0. The maximum Gasteiger partial charge on any atom is 0.189 e. The first-order valence-corrected chi connectivity index (χ1v) is 8.32. The van der Waals surface area contributed by atoms with E-state index in [4.69, 9.17) is 22.1 Å². The summed E-state index contributed by atoms with van der Waals surface area (Å²) in [6.07, 6.45) is 0.804. The molecule has 24 heavy (non-hydrogen) atoms. The maximum absolute atomic E-state index is 5.45. The van der Waals surface area contributed by atoms with Crippen LogP contribution in [0.1, 0.15) is 29.2 Å². The van der Waals surface area contributed by atoms with E-state index in [0.29, 0.717) is 5.11 Å². The van der Waals surface area contributed by atoms with Gasteiger partial charge in [-0.25, -0.2) is 5.01 Å². The number of nitrogens with one attached hydrogen (secondary N) is 1. The van der Waals surface area contributed by atoms with E-state index in [1.54, 1.807) is 7.11 Å². The Bertz CT molecular complexity index is 770. The number of hydrogen-bond donors (Lipinski definition) is 1. The van der Waals surface area contributed by atoms with Gasteiger partial charge in [-0.1, -0.05) is 42.0 Å². The van der Waals surface area contributed by atoms with Crippen LogP contribution in [-0.2, 0) is 0 Å². The van der Waals surface area contributed by atoms with Crippen molar-refractivity contribution in [3.05, 3.63) is 65.2 Å². The summed E-state index contributed by atoms with van der Waals surface area (Å²) in [5.41, 5.74) is 4.55. The van der Waals surface area contributed by atoms with Crippen molar-refractivity contribution in [1.29, 1.82) is 0 Å². The van der Waals surface area contributed by atoms with Gasteiger partial charge < -0.3 is 10.1 Å². The normalized spacial score (nSPS) is 16.7. The molecule has 0 spiro atoms. The molecule has 0 bridgehead atoms. The predicted molar refractivity (Wildman–Crippen MR) is 102 cm³/mol. The molecular formula is C19H21N3OS. The largest absolute Gasteiger partial charge is 0.497 e. The summed E-state index contributed by atoms with van der Waals surface area (Å²) in [5, 5.41) is 10.3. The van der Waals surface area contributed by atoms with Crippen LogP contribution in [0.15, 0.2) is 53.6 Å². The van der Waals surface area contributed by atoms with E-state index < -0.39 is 0 Å². The number of hydrogen-bond acceptors (Lipinski definition) is 3. The zero-order valence-electron chi connectivity index (χ0n) is 14.1. The van der Waals surface area contributed by atoms with Crippen molar-refractivity contribution in [2.75, 3.05) is 14.2 Å². The van der Waals surface area contributed by atoms with E-state index in [1.807, 2.05) is 30.3 Å². The summed E-state index contributed by atoms with van der Waals surface area (Å²) < 4.78 is 5.36. The quantitative estimate of drug-likeness (QED) is 0.866. The molecule has 0 saturated heterocycles. The highest BCUT2D eigenvalue weighted by molar-refractivity contribution is 7.80. The van der Waals surface area contributed by atoms with E-state index >= 15 is 0 Å². The summed E-state index contributed by atoms with van der Waals surface area (Å²) in [6.45, 7) is 2.09. The van der Waals surface area contributed by atoms with E-state index in [-0.39, 0.29) is 6.04 Å². The first-order valence-electron chi connectivity index (χ1n) is 7.92. The molecule has 1 heterocycles. The summed E-state index contributed by atoms with van der Waals surface area (Å²) in [5.74, 6) is 0.839. The molecule has 124 valence electrons. The summed E-state index contributed by atoms with van der Waals surface area (Å²) in [6, 6.07) is 16.6. The first-order chi connectivity index (χ1) is 11.6. The van der Waals surface area contributed by atoms with Gasteiger partial charge in [-0.05, 0) is 42.4 Å². The predicted octanol–water partition coefficient (Wildman–Crippen LogP) is 3.66. The SMILES string of the molecule is CNC(=S)N1N=C(c2ccc(C)cc2)C[C@@H]1c1cccc(OC)c1. The molecule has 0 saturated carbocycles. The minimum atomic E-state index is 0.0661. The second-order valence-corrected chi connectivity index (χ2v) is 6.20. The van der Waals surface area contributed by atoms with Gasteiger partial charge in [0.25, 0.3) is 0 Å². The lowest BCUT2D eigenvalue weighted by Crippen LogP contribution is -2.34.